The Balaban J connectivity index is 1.80. The van der Waals surface area contributed by atoms with Gasteiger partial charge in [0.2, 0.25) is 0 Å². The Morgan fingerprint density at radius 2 is 2.17 bits per heavy atom. The Kier molecular flexibility index (Phi) is 3.13. The first kappa shape index (κ1) is 11.8. The van der Waals surface area contributed by atoms with Gasteiger partial charge < -0.3 is 4.57 Å². The van der Waals surface area contributed by atoms with Crippen molar-refractivity contribution < 1.29 is 4.79 Å². The van der Waals surface area contributed by atoms with E-state index in [2.05, 4.69) is 10.6 Å². The minimum atomic E-state index is 0.268. The molecule has 1 aliphatic rings. The van der Waals surface area contributed by atoms with E-state index in [9.17, 15) is 4.79 Å². The van der Waals surface area contributed by atoms with Crippen molar-refractivity contribution in [3.63, 3.8) is 0 Å². The zero-order valence-corrected chi connectivity index (χ0v) is 11.0. The summed E-state index contributed by atoms with van der Waals surface area (Å²) < 4.78 is 2.17. The molecule has 0 amide bonds. The SMILES string of the molecule is O=C1CCCC1CCn1cc(Cl)c2ccccc21. The molecule has 1 aromatic heterocycles. The molecular weight excluding hydrogens is 246 g/mol. The maximum absolute atomic E-state index is 11.6. The maximum atomic E-state index is 11.6. The molecule has 2 aromatic rings. The Bertz CT molecular complexity index is 587. The monoisotopic (exact) mass is 261 g/mol. The van der Waals surface area contributed by atoms with Crippen LogP contribution >= 0.6 is 11.6 Å². The highest BCUT2D eigenvalue weighted by molar-refractivity contribution is 6.35. The average Bonchev–Trinajstić information content (AvgIpc) is 2.92. The smallest absolute Gasteiger partial charge is 0.136 e. The lowest BCUT2D eigenvalue weighted by Gasteiger charge is -2.09. The number of aryl methyl sites for hydroxylation is 1. The number of halogens is 1. The molecule has 1 aliphatic carbocycles. The number of Topliss-reactive ketones (excluding diaryl/α,β-unsaturated/α-hetero) is 1. The van der Waals surface area contributed by atoms with E-state index in [-0.39, 0.29) is 5.92 Å². The Morgan fingerprint density at radius 3 is 2.94 bits per heavy atom. The molecule has 3 rings (SSSR count). The van der Waals surface area contributed by atoms with Crippen molar-refractivity contribution in [3.8, 4) is 0 Å². The molecule has 94 valence electrons. The second-order valence-corrected chi connectivity index (χ2v) is 5.44. The summed E-state index contributed by atoms with van der Waals surface area (Å²) in [4.78, 5) is 11.6. The predicted octanol–water partition coefficient (Wildman–Crippen LogP) is 4.05. The number of ketones is 1. The number of hydrogen-bond donors (Lipinski definition) is 0. The molecule has 1 saturated carbocycles. The predicted molar refractivity (Wildman–Crippen MR) is 73.9 cm³/mol. The fraction of sp³-hybridized carbons (Fsp3) is 0.400. The van der Waals surface area contributed by atoms with Crippen LogP contribution in [0, 0.1) is 5.92 Å². The van der Waals surface area contributed by atoms with Gasteiger partial charge in [0, 0.05) is 36.0 Å². The van der Waals surface area contributed by atoms with Crippen molar-refractivity contribution in [2.75, 3.05) is 0 Å². The summed E-state index contributed by atoms with van der Waals surface area (Å²) in [7, 11) is 0. The third-order valence-corrected chi connectivity index (χ3v) is 4.19. The zero-order chi connectivity index (χ0) is 12.5. The summed E-state index contributed by atoms with van der Waals surface area (Å²) in [5.41, 5.74) is 1.16. The Morgan fingerprint density at radius 1 is 1.33 bits per heavy atom. The van der Waals surface area contributed by atoms with Gasteiger partial charge in [-0.1, -0.05) is 29.8 Å². The van der Waals surface area contributed by atoms with Crippen molar-refractivity contribution in [2.24, 2.45) is 5.92 Å². The molecule has 0 bridgehead atoms. The summed E-state index contributed by atoms with van der Waals surface area (Å²) >= 11 is 6.21. The van der Waals surface area contributed by atoms with Gasteiger partial charge in [-0.3, -0.25) is 4.79 Å². The third kappa shape index (κ3) is 2.05. The van der Waals surface area contributed by atoms with E-state index in [1.807, 2.05) is 24.4 Å². The van der Waals surface area contributed by atoms with Crippen LogP contribution in [0.4, 0.5) is 0 Å². The van der Waals surface area contributed by atoms with Crippen molar-refractivity contribution in [1.29, 1.82) is 0 Å². The van der Waals surface area contributed by atoms with Crippen LogP contribution in [-0.4, -0.2) is 10.4 Å². The first-order valence-electron chi connectivity index (χ1n) is 6.52. The van der Waals surface area contributed by atoms with Gasteiger partial charge in [-0.25, -0.2) is 0 Å². The van der Waals surface area contributed by atoms with Crippen molar-refractivity contribution in [1.82, 2.24) is 4.57 Å². The minimum Gasteiger partial charge on any atom is -0.346 e. The lowest BCUT2D eigenvalue weighted by Crippen LogP contribution is -2.09. The zero-order valence-electron chi connectivity index (χ0n) is 10.2. The molecule has 0 N–H and O–H groups in total. The first-order chi connectivity index (χ1) is 8.75. The first-order valence-corrected chi connectivity index (χ1v) is 6.89. The molecule has 0 radical (unpaired) electrons. The molecular formula is C15H16ClNO. The number of para-hydroxylation sites is 1. The lowest BCUT2D eigenvalue weighted by molar-refractivity contribution is -0.120. The largest absolute Gasteiger partial charge is 0.346 e. The van der Waals surface area contributed by atoms with Crippen LogP contribution in [0.5, 0.6) is 0 Å². The Hall–Kier alpha value is -1.28. The van der Waals surface area contributed by atoms with E-state index in [4.69, 9.17) is 11.6 Å². The van der Waals surface area contributed by atoms with Crippen LogP contribution in [0.1, 0.15) is 25.7 Å². The minimum absolute atomic E-state index is 0.268. The van der Waals surface area contributed by atoms with E-state index in [0.717, 1.165) is 48.2 Å². The van der Waals surface area contributed by atoms with Gasteiger partial charge in [-0.2, -0.15) is 0 Å². The van der Waals surface area contributed by atoms with E-state index in [1.165, 1.54) is 0 Å². The van der Waals surface area contributed by atoms with Crippen LogP contribution in [0.15, 0.2) is 30.5 Å². The second-order valence-electron chi connectivity index (χ2n) is 5.03. The van der Waals surface area contributed by atoms with E-state index >= 15 is 0 Å². The fourth-order valence-corrected chi connectivity index (χ4v) is 3.15. The quantitative estimate of drug-likeness (QED) is 0.817. The number of carbonyl (C=O) groups is 1. The van der Waals surface area contributed by atoms with E-state index in [0.29, 0.717) is 5.78 Å². The molecule has 0 saturated heterocycles. The highest BCUT2D eigenvalue weighted by atomic mass is 35.5. The van der Waals surface area contributed by atoms with Gasteiger partial charge in [0.05, 0.1) is 5.02 Å². The normalized spacial score (nSPS) is 19.8. The molecule has 1 aromatic carbocycles. The molecule has 1 unspecified atom stereocenters. The number of carbonyl (C=O) groups excluding carboxylic acids is 1. The molecule has 2 nitrogen and oxygen atoms in total. The summed E-state index contributed by atoms with van der Waals surface area (Å²) in [5.74, 6) is 0.711. The maximum Gasteiger partial charge on any atom is 0.136 e. The summed E-state index contributed by atoms with van der Waals surface area (Å²) in [6.45, 7) is 0.879. The van der Waals surface area contributed by atoms with Gasteiger partial charge in [0.15, 0.2) is 0 Å². The van der Waals surface area contributed by atoms with Gasteiger partial charge in [0.1, 0.15) is 5.78 Å². The van der Waals surface area contributed by atoms with Crippen LogP contribution in [0.2, 0.25) is 5.02 Å². The number of aromatic nitrogens is 1. The van der Waals surface area contributed by atoms with Crippen LogP contribution in [0.3, 0.4) is 0 Å². The standard InChI is InChI=1S/C15H16ClNO/c16-13-10-17(14-6-2-1-5-12(13)14)9-8-11-4-3-7-15(11)18/h1-2,5-6,10-11H,3-4,7-9H2. The highest BCUT2D eigenvalue weighted by Crippen LogP contribution is 2.28. The number of hydrogen-bond acceptors (Lipinski definition) is 1. The summed E-state index contributed by atoms with van der Waals surface area (Å²) in [6, 6.07) is 8.14. The third-order valence-electron chi connectivity index (χ3n) is 3.89. The van der Waals surface area contributed by atoms with E-state index < -0.39 is 0 Å². The molecule has 0 aliphatic heterocycles. The molecule has 18 heavy (non-hydrogen) atoms. The number of benzene rings is 1. The van der Waals surface area contributed by atoms with Crippen molar-refractivity contribution in [2.45, 2.75) is 32.2 Å². The van der Waals surface area contributed by atoms with Gasteiger partial charge >= 0.3 is 0 Å². The van der Waals surface area contributed by atoms with Gasteiger partial charge in [0.25, 0.3) is 0 Å². The number of nitrogens with zero attached hydrogens (tertiary/aromatic N) is 1. The molecule has 1 heterocycles. The van der Waals surface area contributed by atoms with Crippen molar-refractivity contribution in [3.05, 3.63) is 35.5 Å². The topological polar surface area (TPSA) is 22.0 Å². The lowest BCUT2D eigenvalue weighted by atomic mass is 10.0. The summed E-state index contributed by atoms with van der Waals surface area (Å²) in [5, 5.41) is 1.89. The molecule has 1 fully saturated rings. The van der Waals surface area contributed by atoms with Crippen LogP contribution in [-0.2, 0) is 11.3 Å². The van der Waals surface area contributed by atoms with Gasteiger partial charge in [-0.15, -0.1) is 0 Å². The number of rotatable bonds is 3. The van der Waals surface area contributed by atoms with Crippen molar-refractivity contribution >= 4 is 28.3 Å². The highest BCUT2D eigenvalue weighted by Gasteiger charge is 2.23. The van der Waals surface area contributed by atoms with Crippen LogP contribution in [0.25, 0.3) is 10.9 Å². The summed E-state index contributed by atoms with van der Waals surface area (Å²) in [6.07, 6.45) is 5.82. The fourth-order valence-electron chi connectivity index (χ4n) is 2.88. The molecule has 1 atom stereocenters. The van der Waals surface area contributed by atoms with Gasteiger partial charge in [-0.05, 0) is 25.3 Å². The van der Waals surface area contributed by atoms with Crippen LogP contribution < -0.4 is 0 Å². The number of fused-ring (bicyclic) bond motifs is 1. The second kappa shape index (κ2) is 4.77. The average molecular weight is 262 g/mol. The Labute approximate surface area is 112 Å². The van der Waals surface area contributed by atoms with E-state index in [1.54, 1.807) is 0 Å². The molecule has 3 heteroatoms. The molecule has 0 spiro atoms.